The first kappa shape index (κ1) is 13.8. The molecule has 19 heavy (non-hydrogen) atoms. The molecule has 2 atom stereocenters. The Bertz CT molecular complexity index is 490. The van der Waals surface area contributed by atoms with Gasteiger partial charge in [0.05, 0.1) is 0 Å². The van der Waals surface area contributed by atoms with Gasteiger partial charge in [0, 0.05) is 6.61 Å². The van der Waals surface area contributed by atoms with Crippen LogP contribution in [0.25, 0.3) is 0 Å². The van der Waals surface area contributed by atoms with Gasteiger partial charge < -0.3 is 9.84 Å². The summed E-state index contributed by atoms with van der Waals surface area (Å²) < 4.78 is 5.73. The van der Waals surface area contributed by atoms with Gasteiger partial charge in [0.2, 0.25) is 0 Å². The van der Waals surface area contributed by atoms with Crippen LogP contribution in [-0.4, -0.2) is 11.7 Å². The summed E-state index contributed by atoms with van der Waals surface area (Å²) in [7, 11) is 0. The molecule has 2 rings (SSSR count). The molecule has 0 aliphatic carbocycles. The van der Waals surface area contributed by atoms with Crippen molar-refractivity contribution in [2.24, 2.45) is 0 Å². The number of hydrogen-bond donors (Lipinski definition) is 1. The molecule has 2 heteroatoms. The third-order valence-electron chi connectivity index (χ3n) is 3.18. The maximum absolute atomic E-state index is 10.5. The molecule has 0 amide bonds. The van der Waals surface area contributed by atoms with Gasteiger partial charge in [0.25, 0.3) is 0 Å². The summed E-state index contributed by atoms with van der Waals surface area (Å²) in [6, 6.07) is 17.8. The highest BCUT2D eigenvalue weighted by molar-refractivity contribution is 5.27. The van der Waals surface area contributed by atoms with Crippen molar-refractivity contribution in [2.75, 3.05) is 6.61 Å². The van der Waals surface area contributed by atoms with E-state index in [0.29, 0.717) is 6.61 Å². The van der Waals surface area contributed by atoms with Gasteiger partial charge in [-0.05, 0) is 25.0 Å². The minimum Gasteiger partial charge on any atom is -0.385 e. The van der Waals surface area contributed by atoms with Crippen molar-refractivity contribution in [1.29, 1.82) is 0 Å². The first-order valence-corrected chi connectivity index (χ1v) is 6.63. The molecule has 0 bridgehead atoms. The quantitative estimate of drug-likeness (QED) is 0.881. The number of aliphatic hydroxyl groups is 1. The molecule has 0 spiro atoms. The van der Waals surface area contributed by atoms with Gasteiger partial charge in [-0.2, -0.15) is 0 Å². The molecule has 0 saturated heterocycles. The number of ether oxygens (including phenoxy) is 1. The Morgan fingerprint density at radius 2 is 1.58 bits per heavy atom. The third kappa shape index (κ3) is 3.43. The highest BCUT2D eigenvalue weighted by atomic mass is 16.5. The Morgan fingerprint density at radius 1 is 0.947 bits per heavy atom. The molecule has 100 valence electrons. The summed E-state index contributed by atoms with van der Waals surface area (Å²) in [5.74, 6) is 0. The molecular formula is C17H20O2. The van der Waals surface area contributed by atoms with Crippen LogP contribution in [0.2, 0.25) is 0 Å². The van der Waals surface area contributed by atoms with E-state index < -0.39 is 6.10 Å². The maximum Gasteiger partial charge on any atom is 0.112 e. The van der Waals surface area contributed by atoms with Crippen LogP contribution in [0.15, 0.2) is 54.6 Å². The largest absolute Gasteiger partial charge is 0.385 e. The predicted molar refractivity (Wildman–Crippen MR) is 76.9 cm³/mol. The first-order chi connectivity index (χ1) is 9.22. The average Bonchev–Trinajstić information content (AvgIpc) is 2.46. The highest BCUT2D eigenvalue weighted by Crippen LogP contribution is 2.32. The molecule has 0 aliphatic heterocycles. The monoisotopic (exact) mass is 256 g/mol. The molecular weight excluding hydrogens is 236 g/mol. The summed E-state index contributed by atoms with van der Waals surface area (Å²) in [5.41, 5.74) is 3.08. The first-order valence-electron chi connectivity index (χ1n) is 6.63. The molecule has 1 N–H and O–H groups in total. The van der Waals surface area contributed by atoms with E-state index in [1.54, 1.807) is 0 Å². The Morgan fingerprint density at radius 3 is 2.16 bits per heavy atom. The Hall–Kier alpha value is -1.64. The van der Waals surface area contributed by atoms with Crippen LogP contribution < -0.4 is 0 Å². The lowest BCUT2D eigenvalue weighted by molar-refractivity contribution is -0.0361. The average molecular weight is 256 g/mol. The van der Waals surface area contributed by atoms with Crippen LogP contribution in [0.1, 0.15) is 35.8 Å². The topological polar surface area (TPSA) is 29.5 Å². The molecule has 0 aliphatic rings. The van der Waals surface area contributed by atoms with Gasteiger partial charge in [-0.1, -0.05) is 60.2 Å². The van der Waals surface area contributed by atoms with Crippen molar-refractivity contribution in [3.63, 3.8) is 0 Å². The molecule has 0 saturated carbocycles. The summed E-state index contributed by atoms with van der Waals surface area (Å²) in [6.45, 7) is 4.56. The SMILES string of the molecule is CCOC(c1ccc(C)cc1)C(O)c1ccccc1. The van der Waals surface area contributed by atoms with Crippen molar-refractivity contribution in [3.8, 4) is 0 Å². The standard InChI is InChI=1S/C17H20O2/c1-3-19-17(15-11-9-13(2)10-12-15)16(18)14-7-5-4-6-8-14/h4-12,16-18H,3H2,1-2H3. The van der Waals surface area contributed by atoms with Crippen LogP contribution >= 0.6 is 0 Å². The predicted octanol–water partition coefficient (Wildman–Crippen LogP) is 3.81. The van der Waals surface area contributed by atoms with Crippen molar-refractivity contribution in [2.45, 2.75) is 26.1 Å². The number of hydrogen-bond acceptors (Lipinski definition) is 2. The van der Waals surface area contributed by atoms with E-state index in [0.717, 1.165) is 11.1 Å². The van der Waals surface area contributed by atoms with E-state index >= 15 is 0 Å². The van der Waals surface area contributed by atoms with E-state index in [2.05, 4.69) is 0 Å². The lowest BCUT2D eigenvalue weighted by atomic mass is 9.97. The molecule has 0 aromatic heterocycles. The number of aryl methyl sites for hydroxylation is 1. The summed E-state index contributed by atoms with van der Waals surface area (Å²) in [5, 5.41) is 10.5. The summed E-state index contributed by atoms with van der Waals surface area (Å²) in [4.78, 5) is 0. The number of aliphatic hydroxyl groups excluding tert-OH is 1. The molecule has 2 aromatic carbocycles. The Kier molecular flexibility index (Phi) is 4.72. The molecule has 0 radical (unpaired) electrons. The fraction of sp³-hybridized carbons (Fsp3) is 0.294. The van der Waals surface area contributed by atoms with Crippen molar-refractivity contribution in [3.05, 3.63) is 71.3 Å². The van der Waals surface area contributed by atoms with Crippen LogP contribution in [0.5, 0.6) is 0 Å². The fourth-order valence-electron chi connectivity index (χ4n) is 2.13. The van der Waals surface area contributed by atoms with Gasteiger partial charge in [-0.3, -0.25) is 0 Å². The zero-order chi connectivity index (χ0) is 13.7. The van der Waals surface area contributed by atoms with Crippen LogP contribution in [0.4, 0.5) is 0 Å². The molecule has 0 fully saturated rings. The summed E-state index contributed by atoms with van der Waals surface area (Å²) in [6.07, 6.45) is -0.975. The molecule has 2 nitrogen and oxygen atoms in total. The van der Waals surface area contributed by atoms with E-state index in [1.807, 2.05) is 68.4 Å². The molecule has 2 unspecified atom stereocenters. The second-order valence-electron chi connectivity index (χ2n) is 4.64. The van der Waals surface area contributed by atoms with Gasteiger partial charge in [-0.15, -0.1) is 0 Å². The zero-order valence-corrected chi connectivity index (χ0v) is 11.4. The highest BCUT2D eigenvalue weighted by Gasteiger charge is 2.22. The maximum atomic E-state index is 10.5. The van der Waals surface area contributed by atoms with E-state index in [-0.39, 0.29) is 6.10 Å². The molecule has 2 aromatic rings. The van der Waals surface area contributed by atoms with E-state index in [9.17, 15) is 5.11 Å². The normalized spacial score (nSPS) is 14.1. The fourth-order valence-corrected chi connectivity index (χ4v) is 2.13. The number of rotatable bonds is 5. The minimum absolute atomic E-state index is 0.326. The van der Waals surface area contributed by atoms with Crippen LogP contribution in [0.3, 0.4) is 0 Å². The van der Waals surface area contributed by atoms with Crippen molar-refractivity contribution < 1.29 is 9.84 Å². The van der Waals surface area contributed by atoms with Crippen LogP contribution in [-0.2, 0) is 4.74 Å². The smallest absolute Gasteiger partial charge is 0.112 e. The summed E-state index contributed by atoms with van der Waals surface area (Å²) >= 11 is 0. The zero-order valence-electron chi connectivity index (χ0n) is 11.4. The Labute approximate surface area is 114 Å². The second kappa shape index (κ2) is 6.50. The van der Waals surface area contributed by atoms with Gasteiger partial charge in [-0.25, -0.2) is 0 Å². The second-order valence-corrected chi connectivity index (χ2v) is 4.64. The van der Waals surface area contributed by atoms with Crippen molar-refractivity contribution in [1.82, 2.24) is 0 Å². The van der Waals surface area contributed by atoms with E-state index in [4.69, 9.17) is 4.74 Å². The van der Waals surface area contributed by atoms with Crippen molar-refractivity contribution >= 4 is 0 Å². The lowest BCUT2D eigenvalue weighted by Gasteiger charge is -2.23. The Balaban J connectivity index is 2.27. The van der Waals surface area contributed by atoms with Gasteiger partial charge in [0.1, 0.15) is 12.2 Å². The third-order valence-corrected chi connectivity index (χ3v) is 3.18. The van der Waals surface area contributed by atoms with Crippen LogP contribution in [0, 0.1) is 6.92 Å². The molecule has 0 heterocycles. The number of benzene rings is 2. The lowest BCUT2D eigenvalue weighted by Crippen LogP contribution is -2.14. The van der Waals surface area contributed by atoms with Gasteiger partial charge in [0.15, 0.2) is 0 Å². The van der Waals surface area contributed by atoms with Gasteiger partial charge >= 0.3 is 0 Å². The minimum atomic E-state index is -0.649. The van der Waals surface area contributed by atoms with E-state index in [1.165, 1.54) is 5.56 Å².